The average Bonchev–Trinajstić information content (AvgIpc) is 3.30. The predicted molar refractivity (Wildman–Crippen MR) is 124 cm³/mol. The number of carbonyl (C=O) groups is 1. The second kappa shape index (κ2) is 8.08. The summed E-state index contributed by atoms with van der Waals surface area (Å²) in [6.07, 6.45) is 0. The summed E-state index contributed by atoms with van der Waals surface area (Å²) in [5, 5.41) is 8.76. The van der Waals surface area contributed by atoms with Crippen molar-refractivity contribution in [1.82, 2.24) is 14.5 Å². The number of aromatic nitrogens is 2. The summed E-state index contributed by atoms with van der Waals surface area (Å²) >= 11 is 7.62. The van der Waals surface area contributed by atoms with E-state index in [4.69, 9.17) is 11.6 Å². The van der Waals surface area contributed by atoms with Gasteiger partial charge in [0.1, 0.15) is 4.83 Å². The zero-order valence-corrected chi connectivity index (χ0v) is 19.3. The number of anilines is 1. The number of sulfonamides is 1. The van der Waals surface area contributed by atoms with Crippen molar-refractivity contribution in [1.29, 1.82) is 0 Å². The Bertz CT molecular complexity index is 1420. The lowest BCUT2D eigenvalue weighted by Gasteiger charge is -2.10. The number of carbonyl (C=O) groups excluding carboxylic acids is 1. The molecule has 0 aliphatic carbocycles. The van der Waals surface area contributed by atoms with Crippen molar-refractivity contribution >= 4 is 54.8 Å². The minimum absolute atomic E-state index is 0.120. The van der Waals surface area contributed by atoms with Gasteiger partial charge in [0.15, 0.2) is 0 Å². The van der Waals surface area contributed by atoms with Gasteiger partial charge in [-0.3, -0.25) is 4.79 Å². The lowest BCUT2D eigenvalue weighted by Crippen LogP contribution is -2.20. The maximum Gasteiger partial charge on any atom is 0.265 e. The Balaban J connectivity index is 1.69. The van der Waals surface area contributed by atoms with Crippen LogP contribution in [0.2, 0.25) is 5.02 Å². The molecule has 160 valence electrons. The molecule has 0 aliphatic heterocycles. The standard InChI is InChI=1S/C21H19ClN4O3S2/c1-12-8-9-14(10-19(12)31(28,29)23-3)24-20(27)18-11-15-13(2)25-26(21(15)30-18)17-7-5-4-6-16(17)22/h4-11,23H,1-3H3,(H,24,27). The van der Waals surface area contributed by atoms with Gasteiger partial charge < -0.3 is 5.32 Å². The third-order valence-corrected chi connectivity index (χ3v) is 7.84. The van der Waals surface area contributed by atoms with Gasteiger partial charge in [0.25, 0.3) is 5.91 Å². The van der Waals surface area contributed by atoms with Crippen molar-refractivity contribution in [3.8, 4) is 5.69 Å². The minimum atomic E-state index is -3.63. The van der Waals surface area contributed by atoms with Crippen LogP contribution in [-0.2, 0) is 10.0 Å². The number of fused-ring (bicyclic) bond motifs is 1. The molecule has 0 aliphatic rings. The summed E-state index contributed by atoms with van der Waals surface area (Å²) in [6.45, 7) is 3.57. The number of benzene rings is 2. The molecule has 1 amide bonds. The third-order valence-electron chi connectivity index (χ3n) is 4.85. The van der Waals surface area contributed by atoms with Crippen LogP contribution in [0, 0.1) is 13.8 Å². The first-order valence-corrected chi connectivity index (χ1v) is 12.0. The van der Waals surface area contributed by atoms with Gasteiger partial charge in [-0.15, -0.1) is 11.3 Å². The average molecular weight is 475 g/mol. The quantitative estimate of drug-likeness (QED) is 0.444. The molecule has 0 spiro atoms. The number of amides is 1. The molecule has 4 aromatic rings. The maximum atomic E-state index is 12.9. The smallest absolute Gasteiger partial charge is 0.265 e. The minimum Gasteiger partial charge on any atom is -0.321 e. The van der Waals surface area contributed by atoms with E-state index in [1.807, 2.05) is 25.1 Å². The summed E-state index contributed by atoms with van der Waals surface area (Å²) < 4.78 is 28.4. The number of aryl methyl sites for hydroxylation is 2. The van der Waals surface area contributed by atoms with Crippen molar-refractivity contribution < 1.29 is 13.2 Å². The molecule has 10 heteroatoms. The number of hydrogen-bond donors (Lipinski definition) is 2. The highest BCUT2D eigenvalue weighted by Crippen LogP contribution is 2.33. The van der Waals surface area contributed by atoms with Crippen LogP contribution in [0.1, 0.15) is 20.9 Å². The molecule has 2 aromatic heterocycles. The largest absolute Gasteiger partial charge is 0.321 e. The summed E-state index contributed by atoms with van der Waals surface area (Å²) in [5.41, 5.74) is 2.50. The summed E-state index contributed by atoms with van der Waals surface area (Å²) in [4.78, 5) is 14.3. The monoisotopic (exact) mass is 474 g/mol. The fraction of sp³-hybridized carbons (Fsp3) is 0.143. The number of para-hydroxylation sites is 1. The van der Waals surface area contributed by atoms with E-state index >= 15 is 0 Å². The van der Waals surface area contributed by atoms with E-state index in [0.29, 0.717) is 21.2 Å². The Morgan fingerprint density at radius 1 is 1.13 bits per heavy atom. The highest BCUT2D eigenvalue weighted by molar-refractivity contribution is 7.89. The molecular formula is C21H19ClN4O3S2. The lowest BCUT2D eigenvalue weighted by atomic mass is 10.2. The first-order valence-electron chi connectivity index (χ1n) is 9.31. The van der Waals surface area contributed by atoms with Crippen LogP contribution in [0.3, 0.4) is 0 Å². The maximum absolute atomic E-state index is 12.9. The van der Waals surface area contributed by atoms with Crippen LogP contribution in [0.4, 0.5) is 5.69 Å². The zero-order chi connectivity index (χ0) is 22.3. The van der Waals surface area contributed by atoms with Crippen molar-refractivity contribution in [2.45, 2.75) is 18.7 Å². The van der Waals surface area contributed by atoms with Crippen molar-refractivity contribution in [2.24, 2.45) is 0 Å². The molecule has 2 heterocycles. The van der Waals surface area contributed by atoms with Gasteiger partial charge in [0.2, 0.25) is 10.0 Å². The highest BCUT2D eigenvalue weighted by atomic mass is 35.5. The molecule has 0 radical (unpaired) electrons. The van der Waals surface area contributed by atoms with Gasteiger partial charge in [-0.2, -0.15) is 5.10 Å². The number of halogens is 1. The Morgan fingerprint density at radius 3 is 2.58 bits per heavy atom. The fourth-order valence-corrected chi connectivity index (χ4v) is 5.50. The zero-order valence-electron chi connectivity index (χ0n) is 16.9. The van der Waals surface area contributed by atoms with Gasteiger partial charge in [0.05, 0.1) is 26.2 Å². The van der Waals surface area contributed by atoms with Crippen LogP contribution in [0.15, 0.2) is 53.4 Å². The van der Waals surface area contributed by atoms with Crippen LogP contribution in [-0.4, -0.2) is 31.2 Å². The molecular weight excluding hydrogens is 456 g/mol. The second-order valence-corrected chi connectivity index (χ2v) is 10.2. The lowest BCUT2D eigenvalue weighted by molar-refractivity contribution is 0.103. The highest BCUT2D eigenvalue weighted by Gasteiger charge is 2.20. The van der Waals surface area contributed by atoms with Crippen LogP contribution in [0.25, 0.3) is 15.9 Å². The van der Waals surface area contributed by atoms with E-state index in [-0.39, 0.29) is 10.8 Å². The molecule has 2 N–H and O–H groups in total. The van der Waals surface area contributed by atoms with Gasteiger partial charge >= 0.3 is 0 Å². The molecule has 31 heavy (non-hydrogen) atoms. The molecule has 7 nitrogen and oxygen atoms in total. The summed E-state index contributed by atoms with van der Waals surface area (Å²) in [7, 11) is -2.28. The van der Waals surface area contributed by atoms with Crippen molar-refractivity contribution in [3.63, 3.8) is 0 Å². The van der Waals surface area contributed by atoms with E-state index < -0.39 is 10.0 Å². The van der Waals surface area contributed by atoms with E-state index in [2.05, 4.69) is 15.1 Å². The third kappa shape index (κ3) is 3.97. The molecule has 2 aromatic carbocycles. The van der Waals surface area contributed by atoms with Gasteiger partial charge in [-0.05, 0) is 56.8 Å². The predicted octanol–water partition coefficient (Wildman–Crippen LogP) is 4.52. The van der Waals surface area contributed by atoms with Gasteiger partial charge in [-0.1, -0.05) is 29.8 Å². The van der Waals surface area contributed by atoms with Gasteiger partial charge in [-0.25, -0.2) is 17.8 Å². The number of nitrogens with one attached hydrogen (secondary N) is 2. The Morgan fingerprint density at radius 2 is 1.87 bits per heavy atom. The van der Waals surface area contributed by atoms with E-state index in [0.717, 1.165) is 21.6 Å². The molecule has 0 bridgehead atoms. The fourth-order valence-electron chi connectivity index (χ4n) is 3.22. The summed E-state index contributed by atoms with van der Waals surface area (Å²) in [5.74, 6) is -0.331. The first-order chi connectivity index (χ1) is 14.7. The molecule has 0 atom stereocenters. The van der Waals surface area contributed by atoms with Crippen molar-refractivity contribution in [2.75, 3.05) is 12.4 Å². The number of nitrogens with zero attached hydrogens (tertiary/aromatic N) is 2. The van der Waals surface area contributed by atoms with Crippen molar-refractivity contribution in [3.05, 3.63) is 69.7 Å². The number of hydrogen-bond acceptors (Lipinski definition) is 5. The topological polar surface area (TPSA) is 93.1 Å². The molecule has 0 saturated heterocycles. The Hall–Kier alpha value is -2.72. The second-order valence-electron chi connectivity index (χ2n) is 6.92. The molecule has 4 rings (SSSR count). The Kier molecular flexibility index (Phi) is 5.61. The van der Waals surface area contributed by atoms with Gasteiger partial charge in [0, 0.05) is 11.1 Å². The van der Waals surface area contributed by atoms with E-state index in [1.54, 1.807) is 35.9 Å². The van der Waals surface area contributed by atoms with E-state index in [9.17, 15) is 13.2 Å². The normalized spacial score (nSPS) is 11.7. The summed E-state index contributed by atoms with van der Waals surface area (Å²) in [6, 6.07) is 13.9. The number of rotatable bonds is 5. The first kappa shape index (κ1) is 21.5. The SMILES string of the molecule is CNS(=O)(=O)c1cc(NC(=O)c2cc3c(C)nn(-c4ccccc4Cl)c3s2)ccc1C. The Labute approximate surface area is 188 Å². The molecule has 0 saturated carbocycles. The molecule has 0 fully saturated rings. The van der Waals surface area contributed by atoms with Crippen LogP contribution >= 0.6 is 22.9 Å². The van der Waals surface area contributed by atoms with Crippen LogP contribution < -0.4 is 10.0 Å². The van der Waals surface area contributed by atoms with Crippen LogP contribution in [0.5, 0.6) is 0 Å². The van der Waals surface area contributed by atoms with E-state index in [1.165, 1.54) is 24.5 Å². The number of thiophene rings is 1. The molecule has 0 unspecified atom stereocenters.